The van der Waals surface area contributed by atoms with Crippen LogP contribution in [0.2, 0.25) is 0 Å². The quantitative estimate of drug-likeness (QED) is 0.640. The van der Waals surface area contributed by atoms with Crippen molar-refractivity contribution in [3.8, 4) is 0 Å². The van der Waals surface area contributed by atoms with Gasteiger partial charge in [0.2, 0.25) is 0 Å². The molecule has 1 unspecified atom stereocenters. The first kappa shape index (κ1) is 17.5. The fraction of sp³-hybridized carbons (Fsp3) is 0.526. The number of aliphatic hydroxyl groups is 1. The van der Waals surface area contributed by atoms with E-state index in [9.17, 15) is 9.90 Å². The summed E-state index contributed by atoms with van der Waals surface area (Å²) in [6.07, 6.45) is 1.85. The molecule has 4 heteroatoms. The molecule has 126 valence electrons. The topological polar surface area (TPSA) is 51.5 Å². The highest BCUT2D eigenvalue weighted by Gasteiger charge is 2.29. The molecule has 0 radical (unpaired) electrons. The summed E-state index contributed by atoms with van der Waals surface area (Å²) in [5.41, 5.74) is 1.49. The van der Waals surface area contributed by atoms with Gasteiger partial charge < -0.3 is 14.4 Å². The minimum atomic E-state index is -0.893. The highest BCUT2D eigenvalue weighted by atomic mass is 16.5. The lowest BCUT2D eigenvalue weighted by Gasteiger charge is -2.29. The molecule has 2 aromatic rings. The van der Waals surface area contributed by atoms with Crippen molar-refractivity contribution in [2.75, 3.05) is 6.61 Å². The third kappa shape index (κ3) is 3.42. The molecule has 0 saturated carbocycles. The summed E-state index contributed by atoms with van der Waals surface area (Å²) in [4.78, 5) is 12.5. The van der Waals surface area contributed by atoms with Gasteiger partial charge in [0.1, 0.15) is 0 Å². The van der Waals surface area contributed by atoms with Crippen molar-refractivity contribution in [1.82, 2.24) is 4.57 Å². The van der Waals surface area contributed by atoms with Crippen molar-refractivity contribution in [1.29, 1.82) is 0 Å². The normalized spacial score (nSPS) is 13.3. The van der Waals surface area contributed by atoms with E-state index in [-0.39, 0.29) is 12.0 Å². The first-order chi connectivity index (χ1) is 10.8. The highest BCUT2D eigenvalue weighted by Crippen LogP contribution is 2.33. The largest absolute Gasteiger partial charge is 0.462 e. The molecule has 0 spiro atoms. The second-order valence-corrected chi connectivity index (χ2v) is 6.67. The molecule has 1 aromatic carbocycles. The van der Waals surface area contributed by atoms with Gasteiger partial charge in [-0.15, -0.1) is 0 Å². The minimum absolute atomic E-state index is 0.162. The number of unbranched alkanes of at least 4 members (excludes halogenated alkanes) is 1. The van der Waals surface area contributed by atoms with Gasteiger partial charge in [-0.05, 0) is 40.2 Å². The lowest BCUT2D eigenvalue weighted by molar-refractivity contribution is 0.0310. The number of hydrogen-bond acceptors (Lipinski definition) is 3. The zero-order valence-electron chi connectivity index (χ0n) is 14.7. The highest BCUT2D eigenvalue weighted by molar-refractivity contribution is 6.06. The number of carbonyl (C=O) groups is 1. The predicted octanol–water partition coefficient (Wildman–Crippen LogP) is 4.24. The number of nitrogens with zero attached hydrogens (tertiary/aromatic N) is 1. The van der Waals surface area contributed by atoms with Crippen LogP contribution in [-0.2, 0) is 4.74 Å². The number of aromatic nitrogens is 1. The van der Waals surface area contributed by atoms with Crippen molar-refractivity contribution < 1.29 is 14.6 Å². The maximum Gasteiger partial charge on any atom is 0.340 e. The Labute approximate surface area is 138 Å². The van der Waals surface area contributed by atoms with Crippen LogP contribution in [0.3, 0.4) is 0 Å². The number of para-hydroxylation sites is 1. The van der Waals surface area contributed by atoms with E-state index in [2.05, 4.69) is 6.92 Å². The third-order valence-electron chi connectivity index (χ3n) is 4.50. The van der Waals surface area contributed by atoms with E-state index in [1.807, 2.05) is 42.7 Å². The predicted molar refractivity (Wildman–Crippen MR) is 92.9 cm³/mol. The van der Waals surface area contributed by atoms with Crippen molar-refractivity contribution in [2.24, 2.45) is 0 Å². The SMILES string of the molecule is CCCCOC(=O)c1c(C)n(C(C)C(C)(C)O)c2ccccc12. The molecule has 0 aliphatic heterocycles. The number of benzene rings is 1. The molecular weight excluding hydrogens is 290 g/mol. The van der Waals surface area contributed by atoms with Crippen LogP contribution >= 0.6 is 0 Å². The van der Waals surface area contributed by atoms with E-state index in [0.717, 1.165) is 29.4 Å². The van der Waals surface area contributed by atoms with Gasteiger partial charge >= 0.3 is 5.97 Å². The van der Waals surface area contributed by atoms with E-state index >= 15 is 0 Å². The van der Waals surface area contributed by atoms with Crippen LogP contribution in [0, 0.1) is 6.92 Å². The van der Waals surface area contributed by atoms with Crippen molar-refractivity contribution in [3.63, 3.8) is 0 Å². The average Bonchev–Trinajstić information content (AvgIpc) is 2.77. The van der Waals surface area contributed by atoms with E-state index in [1.165, 1.54) is 0 Å². The van der Waals surface area contributed by atoms with E-state index in [1.54, 1.807) is 13.8 Å². The Morgan fingerprint density at radius 3 is 2.61 bits per heavy atom. The zero-order chi connectivity index (χ0) is 17.2. The Balaban J connectivity index is 2.54. The lowest BCUT2D eigenvalue weighted by Crippen LogP contribution is -2.31. The monoisotopic (exact) mass is 317 g/mol. The van der Waals surface area contributed by atoms with Crippen LogP contribution in [-0.4, -0.2) is 27.9 Å². The second-order valence-electron chi connectivity index (χ2n) is 6.67. The van der Waals surface area contributed by atoms with Gasteiger partial charge in [-0.3, -0.25) is 0 Å². The van der Waals surface area contributed by atoms with Gasteiger partial charge in [0, 0.05) is 16.6 Å². The summed E-state index contributed by atoms with van der Waals surface area (Å²) in [5.74, 6) is -0.283. The summed E-state index contributed by atoms with van der Waals surface area (Å²) in [7, 11) is 0. The molecular formula is C19H27NO3. The molecule has 0 fully saturated rings. The number of fused-ring (bicyclic) bond motifs is 1. The summed E-state index contributed by atoms with van der Waals surface area (Å²) in [6, 6.07) is 7.62. The fourth-order valence-electron chi connectivity index (χ4n) is 2.85. The number of esters is 1. The molecule has 23 heavy (non-hydrogen) atoms. The summed E-state index contributed by atoms with van der Waals surface area (Å²) < 4.78 is 7.45. The number of hydrogen-bond donors (Lipinski definition) is 1. The molecule has 2 rings (SSSR count). The molecule has 4 nitrogen and oxygen atoms in total. The maximum atomic E-state index is 12.5. The van der Waals surface area contributed by atoms with Gasteiger partial charge in [0.25, 0.3) is 0 Å². The van der Waals surface area contributed by atoms with Gasteiger partial charge in [-0.25, -0.2) is 4.79 Å². The first-order valence-corrected chi connectivity index (χ1v) is 8.28. The number of carbonyl (C=O) groups excluding carboxylic acids is 1. The standard InChI is InChI=1S/C19H27NO3/c1-6-7-12-23-18(21)17-13(2)20(14(3)19(4,5)22)16-11-9-8-10-15(16)17/h8-11,14,22H,6-7,12H2,1-5H3. The van der Waals surface area contributed by atoms with E-state index in [4.69, 9.17) is 4.74 Å². The molecule has 0 bridgehead atoms. The number of rotatable bonds is 6. The molecule has 0 aliphatic carbocycles. The number of ether oxygens (including phenoxy) is 1. The van der Waals surface area contributed by atoms with Crippen LogP contribution in [0.4, 0.5) is 0 Å². The third-order valence-corrected chi connectivity index (χ3v) is 4.50. The van der Waals surface area contributed by atoms with Gasteiger partial charge in [0.05, 0.1) is 23.8 Å². The molecule has 0 aliphatic rings. The molecule has 0 amide bonds. The van der Waals surface area contributed by atoms with Crippen LogP contribution in [0.1, 0.15) is 62.6 Å². The van der Waals surface area contributed by atoms with Gasteiger partial charge in [-0.1, -0.05) is 31.5 Å². The first-order valence-electron chi connectivity index (χ1n) is 8.28. The van der Waals surface area contributed by atoms with Crippen LogP contribution in [0.15, 0.2) is 24.3 Å². The Kier molecular flexibility index (Phi) is 5.15. The Hall–Kier alpha value is -1.81. The van der Waals surface area contributed by atoms with Gasteiger partial charge in [-0.2, -0.15) is 0 Å². The van der Waals surface area contributed by atoms with E-state index in [0.29, 0.717) is 12.2 Å². The molecule has 1 atom stereocenters. The average molecular weight is 317 g/mol. The smallest absolute Gasteiger partial charge is 0.340 e. The molecule has 1 heterocycles. The summed E-state index contributed by atoms with van der Waals surface area (Å²) >= 11 is 0. The molecule has 1 N–H and O–H groups in total. The van der Waals surface area contributed by atoms with Crippen LogP contribution < -0.4 is 0 Å². The van der Waals surface area contributed by atoms with Crippen LogP contribution in [0.5, 0.6) is 0 Å². The maximum absolute atomic E-state index is 12.5. The zero-order valence-corrected chi connectivity index (χ0v) is 14.7. The van der Waals surface area contributed by atoms with Crippen molar-refractivity contribution in [2.45, 2.75) is 59.1 Å². The van der Waals surface area contributed by atoms with Crippen molar-refractivity contribution in [3.05, 3.63) is 35.5 Å². The van der Waals surface area contributed by atoms with Crippen LogP contribution in [0.25, 0.3) is 10.9 Å². The van der Waals surface area contributed by atoms with Gasteiger partial charge in [0.15, 0.2) is 0 Å². The molecule has 1 aromatic heterocycles. The molecule has 0 saturated heterocycles. The Morgan fingerprint density at radius 2 is 2.00 bits per heavy atom. The lowest BCUT2D eigenvalue weighted by atomic mass is 10.0. The summed E-state index contributed by atoms with van der Waals surface area (Å²) in [6.45, 7) is 9.95. The van der Waals surface area contributed by atoms with Crippen molar-refractivity contribution >= 4 is 16.9 Å². The fourth-order valence-corrected chi connectivity index (χ4v) is 2.85. The minimum Gasteiger partial charge on any atom is -0.462 e. The Morgan fingerprint density at radius 1 is 1.35 bits per heavy atom. The summed E-state index contributed by atoms with van der Waals surface area (Å²) in [5, 5.41) is 11.3. The van der Waals surface area contributed by atoms with E-state index < -0.39 is 5.60 Å². The Bertz CT molecular complexity index is 694. The second kappa shape index (κ2) is 6.75.